The van der Waals surface area contributed by atoms with Crippen LogP contribution < -0.4 is 0 Å². The maximum absolute atomic E-state index is 12.0. The van der Waals surface area contributed by atoms with Gasteiger partial charge in [-0.05, 0) is 22.4 Å². The number of carboxylic acids is 1. The van der Waals surface area contributed by atoms with Crippen LogP contribution in [0.15, 0.2) is 16.8 Å². The third kappa shape index (κ3) is 3.54. The van der Waals surface area contributed by atoms with Gasteiger partial charge in [-0.1, -0.05) is 0 Å². The average Bonchev–Trinajstić information content (AvgIpc) is 2.82. The smallest absolute Gasteiger partial charge is 0.317 e. The Kier molecular flexibility index (Phi) is 4.33. The lowest BCUT2D eigenvalue weighted by Crippen LogP contribution is -2.50. The summed E-state index contributed by atoms with van der Waals surface area (Å²) in [5.74, 6) is -0.684. The van der Waals surface area contributed by atoms with Gasteiger partial charge >= 0.3 is 5.97 Å². The van der Waals surface area contributed by atoms with Crippen molar-refractivity contribution >= 4 is 23.2 Å². The highest BCUT2D eigenvalue weighted by molar-refractivity contribution is 7.07. The minimum absolute atomic E-state index is 0.0621. The fraction of sp³-hybridized carbons (Fsp3) is 0.500. The molecule has 0 aromatic carbocycles. The SMILES string of the molecule is O=C(O)CN1CCN(C(=O)Cc2ccsc2)CC1. The number of thiophene rings is 1. The molecule has 2 heterocycles. The summed E-state index contributed by atoms with van der Waals surface area (Å²) >= 11 is 1.59. The summed E-state index contributed by atoms with van der Waals surface area (Å²) in [4.78, 5) is 26.2. The molecular formula is C12H16N2O3S. The second-order valence-corrected chi connectivity index (χ2v) is 5.14. The Labute approximate surface area is 110 Å². The maximum Gasteiger partial charge on any atom is 0.317 e. The van der Waals surface area contributed by atoms with E-state index in [1.165, 1.54) is 0 Å². The third-order valence-corrected chi connectivity index (χ3v) is 3.75. The molecule has 1 aromatic rings. The van der Waals surface area contributed by atoms with Gasteiger partial charge in [-0.3, -0.25) is 14.5 Å². The number of nitrogens with zero attached hydrogens (tertiary/aromatic N) is 2. The number of piperazine rings is 1. The zero-order chi connectivity index (χ0) is 13.0. The topological polar surface area (TPSA) is 60.9 Å². The number of hydrogen-bond acceptors (Lipinski definition) is 4. The van der Waals surface area contributed by atoms with Crippen molar-refractivity contribution in [3.63, 3.8) is 0 Å². The van der Waals surface area contributed by atoms with Crippen LogP contribution in [-0.2, 0) is 16.0 Å². The summed E-state index contributed by atoms with van der Waals surface area (Å²) in [7, 11) is 0. The van der Waals surface area contributed by atoms with Crippen LogP contribution in [0.5, 0.6) is 0 Å². The molecule has 0 radical (unpaired) electrons. The van der Waals surface area contributed by atoms with E-state index in [0.29, 0.717) is 32.6 Å². The number of rotatable bonds is 4. The molecule has 1 saturated heterocycles. The molecule has 1 N–H and O–H groups in total. The monoisotopic (exact) mass is 268 g/mol. The molecule has 1 amide bonds. The van der Waals surface area contributed by atoms with E-state index < -0.39 is 5.97 Å². The zero-order valence-electron chi connectivity index (χ0n) is 10.0. The zero-order valence-corrected chi connectivity index (χ0v) is 10.9. The third-order valence-electron chi connectivity index (χ3n) is 3.02. The molecular weight excluding hydrogens is 252 g/mol. The van der Waals surface area contributed by atoms with Gasteiger partial charge in [0.05, 0.1) is 13.0 Å². The molecule has 0 saturated carbocycles. The van der Waals surface area contributed by atoms with Crippen LogP contribution in [0, 0.1) is 0 Å². The molecule has 2 rings (SSSR count). The molecule has 0 spiro atoms. The first-order chi connectivity index (χ1) is 8.65. The van der Waals surface area contributed by atoms with Crippen molar-refractivity contribution in [2.45, 2.75) is 6.42 Å². The number of amides is 1. The molecule has 98 valence electrons. The standard InChI is InChI=1S/C12H16N2O3S/c15-11(7-10-1-6-18-9-10)14-4-2-13(3-5-14)8-12(16)17/h1,6,9H,2-5,7-8H2,(H,16,17). The van der Waals surface area contributed by atoms with Crippen molar-refractivity contribution in [1.82, 2.24) is 9.80 Å². The first-order valence-corrected chi connectivity index (χ1v) is 6.82. The molecule has 18 heavy (non-hydrogen) atoms. The van der Waals surface area contributed by atoms with Crippen molar-refractivity contribution in [2.75, 3.05) is 32.7 Å². The second-order valence-electron chi connectivity index (χ2n) is 4.36. The van der Waals surface area contributed by atoms with Crippen LogP contribution in [0.4, 0.5) is 0 Å². The number of carbonyl (C=O) groups is 2. The summed E-state index contributed by atoms with van der Waals surface area (Å²) in [6.07, 6.45) is 0.447. The molecule has 1 aliphatic heterocycles. The fourth-order valence-electron chi connectivity index (χ4n) is 2.03. The predicted molar refractivity (Wildman–Crippen MR) is 68.7 cm³/mol. The van der Waals surface area contributed by atoms with E-state index in [1.807, 2.05) is 26.6 Å². The summed E-state index contributed by atoms with van der Waals surface area (Å²) in [5, 5.41) is 12.6. The van der Waals surface area contributed by atoms with Crippen molar-refractivity contribution in [1.29, 1.82) is 0 Å². The van der Waals surface area contributed by atoms with Crippen molar-refractivity contribution < 1.29 is 14.7 Å². The fourth-order valence-corrected chi connectivity index (χ4v) is 2.69. The van der Waals surface area contributed by atoms with Gasteiger partial charge in [0, 0.05) is 26.2 Å². The van der Waals surface area contributed by atoms with E-state index in [0.717, 1.165) is 5.56 Å². The van der Waals surface area contributed by atoms with E-state index in [1.54, 1.807) is 11.3 Å². The molecule has 1 fully saturated rings. The minimum atomic E-state index is -0.812. The first-order valence-electron chi connectivity index (χ1n) is 5.88. The Bertz CT molecular complexity index is 411. The van der Waals surface area contributed by atoms with Gasteiger partial charge < -0.3 is 10.0 Å². The van der Waals surface area contributed by atoms with Crippen molar-refractivity contribution in [3.8, 4) is 0 Å². The van der Waals surface area contributed by atoms with E-state index >= 15 is 0 Å². The first kappa shape index (κ1) is 13.0. The second kappa shape index (κ2) is 5.97. The summed E-state index contributed by atoms with van der Waals surface area (Å²) in [6.45, 7) is 2.59. The van der Waals surface area contributed by atoms with Gasteiger partial charge in [-0.2, -0.15) is 11.3 Å². The average molecular weight is 268 g/mol. The maximum atomic E-state index is 12.0. The van der Waals surface area contributed by atoms with Gasteiger partial charge in [-0.25, -0.2) is 0 Å². The normalized spacial score (nSPS) is 16.8. The molecule has 6 heteroatoms. The van der Waals surface area contributed by atoms with Crippen LogP contribution >= 0.6 is 11.3 Å². The van der Waals surface area contributed by atoms with E-state index in [4.69, 9.17) is 5.11 Å². The van der Waals surface area contributed by atoms with Crippen molar-refractivity contribution in [2.24, 2.45) is 0 Å². The van der Waals surface area contributed by atoms with Gasteiger partial charge in [0.2, 0.25) is 5.91 Å². The Hall–Kier alpha value is -1.40. The largest absolute Gasteiger partial charge is 0.480 e. The quantitative estimate of drug-likeness (QED) is 0.865. The van der Waals surface area contributed by atoms with Crippen LogP contribution in [0.1, 0.15) is 5.56 Å². The summed E-state index contributed by atoms with van der Waals surface area (Å²) < 4.78 is 0. The van der Waals surface area contributed by atoms with Gasteiger partial charge in [0.1, 0.15) is 0 Å². The van der Waals surface area contributed by atoms with Crippen LogP contribution in [0.2, 0.25) is 0 Å². The highest BCUT2D eigenvalue weighted by Crippen LogP contribution is 2.10. The lowest BCUT2D eigenvalue weighted by Gasteiger charge is -2.33. The predicted octanol–water partition coefficient (Wildman–Crippen LogP) is 0.519. The minimum Gasteiger partial charge on any atom is -0.480 e. The molecule has 0 unspecified atom stereocenters. The highest BCUT2D eigenvalue weighted by atomic mass is 32.1. The van der Waals surface area contributed by atoms with Crippen LogP contribution in [-0.4, -0.2) is 59.5 Å². The van der Waals surface area contributed by atoms with E-state index in [-0.39, 0.29) is 12.5 Å². The van der Waals surface area contributed by atoms with Crippen LogP contribution in [0.25, 0.3) is 0 Å². The highest BCUT2D eigenvalue weighted by Gasteiger charge is 2.22. The summed E-state index contributed by atoms with van der Waals surface area (Å²) in [6, 6.07) is 1.96. The molecule has 0 aliphatic carbocycles. The number of aliphatic carboxylic acids is 1. The lowest BCUT2D eigenvalue weighted by atomic mass is 10.2. The van der Waals surface area contributed by atoms with E-state index in [9.17, 15) is 9.59 Å². The molecule has 5 nitrogen and oxygen atoms in total. The van der Waals surface area contributed by atoms with Gasteiger partial charge in [0.25, 0.3) is 0 Å². The Morgan fingerprint density at radius 3 is 2.56 bits per heavy atom. The Morgan fingerprint density at radius 2 is 2.00 bits per heavy atom. The molecule has 0 bridgehead atoms. The lowest BCUT2D eigenvalue weighted by molar-refractivity contribution is -0.139. The van der Waals surface area contributed by atoms with Gasteiger partial charge in [0.15, 0.2) is 0 Å². The molecule has 0 atom stereocenters. The Balaban J connectivity index is 1.79. The number of carboxylic acid groups (broad SMARTS) is 1. The van der Waals surface area contributed by atoms with Gasteiger partial charge in [-0.15, -0.1) is 0 Å². The molecule has 1 aliphatic rings. The number of hydrogen-bond donors (Lipinski definition) is 1. The number of carbonyl (C=O) groups excluding carboxylic acids is 1. The van der Waals surface area contributed by atoms with Crippen molar-refractivity contribution in [3.05, 3.63) is 22.4 Å². The summed E-state index contributed by atoms with van der Waals surface area (Å²) in [5.41, 5.74) is 1.05. The van der Waals surface area contributed by atoms with E-state index in [2.05, 4.69) is 0 Å². The molecule has 1 aromatic heterocycles. The van der Waals surface area contributed by atoms with Crippen LogP contribution in [0.3, 0.4) is 0 Å². The Morgan fingerprint density at radius 1 is 1.28 bits per heavy atom.